The van der Waals surface area contributed by atoms with Crippen LogP contribution >= 0.6 is 0 Å². The van der Waals surface area contributed by atoms with Gasteiger partial charge in [0.15, 0.2) is 0 Å². The van der Waals surface area contributed by atoms with Gasteiger partial charge in [-0.2, -0.15) is 0 Å². The number of anilines is 2. The van der Waals surface area contributed by atoms with Gasteiger partial charge >= 0.3 is 0 Å². The van der Waals surface area contributed by atoms with Gasteiger partial charge in [-0.25, -0.2) is 4.39 Å². The molecule has 24 heavy (non-hydrogen) atoms. The molecule has 6 heteroatoms. The fourth-order valence-electron chi connectivity index (χ4n) is 2.14. The molecule has 1 amide bonds. The lowest BCUT2D eigenvalue weighted by Crippen LogP contribution is -2.13. The quantitative estimate of drug-likeness (QED) is 0.755. The summed E-state index contributed by atoms with van der Waals surface area (Å²) in [6, 6.07) is 11.2. The Morgan fingerprint density at radius 2 is 1.92 bits per heavy atom. The van der Waals surface area contributed by atoms with Gasteiger partial charge in [-0.1, -0.05) is 12.1 Å². The molecule has 2 N–H and O–H groups in total. The van der Waals surface area contributed by atoms with Crippen LogP contribution in [0.5, 0.6) is 0 Å². The number of carbonyl (C=O) groups is 1. The van der Waals surface area contributed by atoms with Gasteiger partial charge < -0.3 is 10.6 Å². The third kappa shape index (κ3) is 4.13. The van der Waals surface area contributed by atoms with Crippen molar-refractivity contribution in [2.75, 3.05) is 10.6 Å². The Labute approximate surface area is 138 Å². The largest absolute Gasteiger partial charge is 0.380 e. The first-order valence-corrected chi connectivity index (χ1v) is 7.35. The molecule has 0 radical (unpaired) electrons. The summed E-state index contributed by atoms with van der Waals surface area (Å²) in [7, 11) is 0. The summed E-state index contributed by atoms with van der Waals surface area (Å²) in [6.45, 7) is 0.574. The Bertz CT molecular complexity index is 839. The number of amides is 1. The number of carbonyl (C=O) groups excluding carboxylic acids is 1. The molecule has 0 aliphatic carbocycles. The average Bonchev–Trinajstić information content (AvgIpc) is 2.61. The second-order valence-electron chi connectivity index (χ2n) is 5.14. The minimum atomic E-state index is -0.405. The lowest BCUT2D eigenvalue weighted by Gasteiger charge is -2.08. The molecule has 0 unspecified atom stereocenters. The van der Waals surface area contributed by atoms with E-state index in [2.05, 4.69) is 20.6 Å². The van der Waals surface area contributed by atoms with Gasteiger partial charge in [-0.15, -0.1) is 0 Å². The molecular formula is C18H15FN4O. The van der Waals surface area contributed by atoms with Crippen molar-refractivity contribution in [2.45, 2.75) is 6.54 Å². The summed E-state index contributed by atoms with van der Waals surface area (Å²) in [5, 5.41) is 5.83. The van der Waals surface area contributed by atoms with Crippen LogP contribution in [0.25, 0.3) is 0 Å². The number of hydrogen-bond acceptors (Lipinski definition) is 4. The molecule has 0 bridgehead atoms. The number of nitrogens with one attached hydrogen (secondary N) is 2. The topological polar surface area (TPSA) is 66.9 Å². The average molecular weight is 322 g/mol. The molecule has 0 saturated carbocycles. The fraction of sp³-hybridized carbons (Fsp3) is 0.0556. The highest BCUT2D eigenvalue weighted by Gasteiger charge is 2.08. The molecule has 0 aliphatic rings. The van der Waals surface area contributed by atoms with Crippen LogP contribution in [-0.2, 0) is 6.54 Å². The second-order valence-corrected chi connectivity index (χ2v) is 5.14. The van der Waals surface area contributed by atoms with Crippen molar-refractivity contribution in [1.82, 2.24) is 9.97 Å². The lowest BCUT2D eigenvalue weighted by molar-refractivity contribution is 0.102. The lowest BCUT2D eigenvalue weighted by atomic mass is 10.2. The van der Waals surface area contributed by atoms with Gasteiger partial charge in [0.25, 0.3) is 5.91 Å². The summed E-state index contributed by atoms with van der Waals surface area (Å²) >= 11 is 0. The number of aromatic nitrogens is 2. The monoisotopic (exact) mass is 322 g/mol. The van der Waals surface area contributed by atoms with E-state index < -0.39 is 5.82 Å². The highest BCUT2D eigenvalue weighted by Crippen LogP contribution is 2.14. The van der Waals surface area contributed by atoms with Crippen LogP contribution in [0.4, 0.5) is 15.8 Å². The zero-order valence-electron chi connectivity index (χ0n) is 12.7. The zero-order chi connectivity index (χ0) is 16.8. The fourth-order valence-corrected chi connectivity index (χ4v) is 2.14. The molecule has 5 nitrogen and oxygen atoms in total. The molecule has 3 rings (SSSR count). The first-order valence-electron chi connectivity index (χ1n) is 7.35. The number of hydrogen-bond donors (Lipinski definition) is 2. The molecule has 0 atom stereocenters. The van der Waals surface area contributed by atoms with Crippen molar-refractivity contribution in [2.24, 2.45) is 0 Å². The van der Waals surface area contributed by atoms with Crippen molar-refractivity contribution in [3.8, 4) is 0 Å². The highest BCUT2D eigenvalue weighted by atomic mass is 19.1. The molecule has 0 spiro atoms. The Morgan fingerprint density at radius 1 is 1.00 bits per heavy atom. The van der Waals surface area contributed by atoms with Crippen LogP contribution in [0, 0.1) is 5.82 Å². The normalized spacial score (nSPS) is 10.2. The van der Waals surface area contributed by atoms with Gasteiger partial charge in [0.1, 0.15) is 5.82 Å². The molecule has 2 aromatic heterocycles. The summed E-state index contributed by atoms with van der Waals surface area (Å²) in [5.74, 6) is -0.754. The molecule has 1 aromatic carbocycles. The van der Waals surface area contributed by atoms with Crippen LogP contribution in [0.15, 0.2) is 67.3 Å². The summed E-state index contributed by atoms with van der Waals surface area (Å²) in [5.41, 5.74) is 2.52. The van der Waals surface area contributed by atoms with Gasteiger partial charge in [-0.05, 0) is 35.9 Å². The molecule has 2 heterocycles. The van der Waals surface area contributed by atoms with E-state index in [1.807, 2.05) is 12.1 Å². The Balaban J connectivity index is 1.67. The van der Waals surface area contributed by atoms with E-state index in [9.17, 15) is 9.18 Å². The van der Waals surface area contributed by atoms with E-state index in [1.54, 1.807) is 30.7 Å². The maximum atomic E-state index is 13.2. The molecular weight excluding hydrogens is 307 g/mol. The van der Waals surface area contributed by atoms with Gasteiger partial charge in [-0.3, -0.25) is 14.8 Å². The van der Waals surface area contributed by atoms with E-state index >= 15 is 0 Å². The molecule has 0 aliphatic heterocycles. The second kappa shape index (κ2) is 7.32. The van der Waals surface area contributed by atoms with Gasteiger partial charge in [0.2, 0.25) is 0 Å². The predicted octanol–water partition coefficient (Wildman–Crippen LogP) is 3.48. The standard InChI is InChI=1S/C18H15FN4O/c19-15-4-1-5-16(8-15)23-18(24)14-7-17(12-21-11-14)22-10-13-3-2-6-20-9-13/h1-9,11-12,22H,10H2,(H,23,24). The van der Waals surface area contributed by atoms with Gasteiger partial charge in [0.05, 0.1) is 11.3 Å². The zero-order valence-corrected chi connectivity index (χ0v) is 12.7. The van der Waals surface area contributed by atoms with Crippen LogP contribution in [0.1, 0.15) is 15.9 Å². The number of benzene rings is 1. The Kier molecular flexibility index (Phi) is 4.76. The first kappa shape index (κ1) is 15.6. The van der Waals surface area contributed by atoms with Crippen LogP contribution < -0.4 is 10.6 Å². The summed E-state index contributed by atoms with van der Waals surface area (Å²) in [4.78, 5) is 20.4. The van der Waals surface area contributed by atoms with E-state index in [4.69, 9.17) is 0 Å². The maximum Gasteiger partial charge on any atom is 0.257 e. The summed E-state index contributed by atoms with van der Waals surface area (Å²) in [6.07, 6.45) is 6.57. The smallest absolute Gasteiger partial charge is 0.257 e. The first-order chi connectivity index (χ1) is 11.7. The molecule has 0 saturated heterocycles. The minimum Gasteiger partial charge on any atom is -0.380 e. The van der Waals surface area contributed by atoms with Crippen LogP contribution in [-0.4, -0.2) is 15.9 Å². The number of pyridine rings is 2. The minimum absolute atomic E-state index is 0.349. The van der Waals surface area contributed by atoms with Crippen molar-refractivity contribution in [3.05, 3.63) is 84.2 Å². The van der Waals surface area contributed by atoms with E-state index in [1.165, 1.54) is 24.4 Å². The van der Waals surface area contributed by atoms with Crippen LogP contribution in [0.3, 0.4) is 0 Å². The van der Waals surface area contributed by atoms with Gasteiger partial charge in [0, 0.05) is 37.0 Å². The number of halogens is 1. The van der Waals surface area contributed by atoms with E-state index in [0.717, 1.165) is 5.56 Å². The van der Waals surface area contributed by atoms with Crippen LogP contribution in [0.2, 0.25) is 0 Å². The predicted molar refractivity (Wildman–Crippen MR) is 90.2 cm³/mol. The SMILES string of the molecule is O=C(Nc1cccc(F)c1)c1cncc(NCc2cccnc2)c1. The molecule has 120 valence electrons. The van der Waals surface area contributed by atoms with E-state index in [0.29, 0.717) is 23.5 Å². The molecule has 3 aromatic rings. The number of rotatable bonds is 5. The number of nitrogens with zero attached hydrogens (tertiary/aromatic N) is 2. The Hall–Kier alpha value is -3.28. The third-order valence-corrected chi connectivity index (χ3v) is 3.30. The molecule has 0 fully saturated rings. The highest BCUT2D eigenvalue weighted by molar-refractivity contribution is 6.04. The van der Waals surface area contributed by atoms with Crippen molar-refractivity contribution < 1.29 is 9.18 Å². The van der Waals surface area contributed by atoms with Crippen molar-refractivity contribution >= 4 is 17.3 Å². The maximum absolute atomic E-state index is 13.2. The van der Waals surface area contributed by atoms with E-state index in [-0.39, 0.29) is 5.91 Å². The Morgan fingerprint density at radius 3 is 2.71 bits per heavy atom. The van der Waals surface area contributed by atoms with Crippen molar-refractivity contribution in [1.29, 1.82) is 0 Å². The third-order valence-electron chi connectivity index (χ3n) is 3.30. The summed E-state index contributed by atoms with van der Waals surface area (Å²) < 4.78 is 13.2. The van der Waals surface area contributed by atoms with Crippen molar-refractivity contribution in [3.63, 3.8) is 0 Å².